The second-order valence-corrected chi connectivity index (χ2v) is 3.68. The lowest BCUT2D eigenvalue weighted by atomic mass is 10.1. The number of anilines is 1. The number of methoxy groups -OCH3 is 1. The molecule has 0 unspecified atom stereocenters. The van der Waals surface area contributed by atoms with Crippen molar-refractivity contribution in [2.45, 2.75) is 6.92 Å². The quantitative estimate of drug-likeness (QED) is 0.651. The normalized spacial score (nSPS) is 10.2. The number of ketones is 1. The molecule has 1 aromatic carbocycles. The molecular formula is C13H13NO3. The molecule has 0 radical (unpaired) electrons. The van der Waals surface area contributed by atoms with Gasteiger partial charge in [0.2, 0.25) is 0 Å². The van der Waals surface area contributed by atoms with Crippen LogP contribution in [0, 0.1) is 0 Å². The van der Waals surface area contributed by atoms with Crippen LogP contribution in [0.4, 0.5) is 5.69 Å². The first-order chi connectivity index (χ1) is 8.11. The van der Waals surface area contributed by atoms with Gasteiger partial charge < -0.3 is 14.9 Å². The van der Waals surface area contributed by atoms with Gasteiger partial charge in [0.05, 0.1) is 12.7 Å². The van der Waals surface area contributed by atoms with Crippen LogP contribution < -0.4 is 10.5 Å². The van der Waals surface area contributed by atoms with Crippen molar-refractivity contribution in [2.24, 2.45) is 0 Å². The van der Waals surface area contributed by atoms with Crippen LogP contribution in [0.5, 0.6) is 5.75 Å². The standard InChI is InChI=1S/C13H13NO3/c1-8(15)11-5-6-12(17-11)10-4-3-9(14)7-13(10)16-2/h3-7H,14H2,1-2H3. The van der Waals surface area contributed by atoms with Gasteiger partial charge in [-0.1, -0.05) is 0 Å². The highest BCUT2D eigenvalue weighted by atomic mass is 16.5. The van der Waals surface area contributed by atoms with Gasteiger partial charge in [-0.15, -0.1) is 0 Å². The summed E-state index contributed by atoms with van der Waals surface area (Å²) in [6, 6.07) is 8.66. The number of Topliss-reactive ketones (excluding diaryl/α,β-unsaturated/α-hetero) is 1. The van der Waals surface area contributed by atoms with E-state index in [1.807, 2.05) is 0 Å². The zero-order valence-corrected chi connectivity index (χ0v) is 9.69. The fourth-order valence-corrected chi connectivity index (χ4v) is 1.58. The van der Waals surface area contributed by atoms with Crippen molar-refractivity contribution < 1.29 is 13.9 Å². The van der Waals surface area contributed by atoms with E-state index in [2.05, 4.69) is 0 Å². The summed E-state index contributed by atoms with van der Waals surface area (Å²) in [4.78, 5) is 11.2. The highest BCUT2D eigenvalue weighted by Gasteiger charge is 2.12. The van der Waals surface area contributed by atoms with Crippen LogP contribution in [0.3, 0.4) is 0 Å². The number of nitrogen functional groups attached to an aromatic ring is 1. The third kappa shape index (κ3) is 2.15. The van der Waals surface area contributed by atoms with Gasteiger partial charge in [-0.25, -0.2) is 0 Å². The third-order valence-corrected chi connectivity index (χ3v) is 2.44. The minimum Gasteiger partial charge on any atom is -0.496 e. The lowest BCUT2D eigenvalue weighted by molar-refractivity contribution is 0.0988. The van der Waals surface area contributed by atoms with Gasteiger partial charge in [-0.3, -0.25) is 4.79 Å². The molecule has 0 amide bonds. The van der Waals surface area contributed by atoms with Crippen LogP contribution in [0.15, 0.2) is 34.7 Å². The molecule has 0 atom stereocenters. The molecule has 0 saturated heterocycles. The molecule has 17 heavy (non-hydrogen) atoms. The number of furan rings is 1. The molecule has 4 nitrogen and oxygen atoms in total. The molecule has 1 aromatic heterocycles. The van der Waals surface area contributed by atoms with E-state index in [0.29, 0.717) is 23.0 Å². The maximum Gasteiger partial charge on any atom is 0.194 e. The Hall–Kier alpha value is -2.23. The van der Waals surface area contributed by atoms with Gasteiger partial charge in [-0.2, -0.15) is 0 Å². The largest absolute Gasteiger partial charge is 0.496 e. The number of carbonyl (C=O) groups excluding carboxylic acids is 1. The first-order valence-corrected chi connectivity index (χ1v) is 5.16. The molecule has 1 heterocycles. The van der Waals surface area contributed by atoms with Crippen molar-refractivity contribution in [3.05, 3.63) is 36.1 Å². The summed E-state index contributed by atoms with van der Waals surface area (Å²) in [5, 5.41) is 0. The number of ether oxygens (including phenoxy) is 1. The van der Waals surface area contributed by atoms with E-state index in [1.165, 1.54) is 6.92 Å². The fraction of sp³-hybridized carbons (Fsp3) is 0.154. The smallest absolute Gasteiger partial charge is 0.194 e. The monoisotopic (exact) mass is 231 g/mol. The number of hydrogen-bond acceptors (Lipinski definition) is 4. The summed E-state index contributed by atoms with van der Waals surface area (Å²) in [5.74, 6) is 1.44. The number of nitrogens with two attached hydrogens (primary N) is 1. The van der Waals surface area contributed by atoms with Crippen molar-refractivity contribution in [1.82, 2.24) is 0 Å². The highest BCUT2D eigenvalue weighted by molar-refractivity contribution is 5.92. The molecule has 4 heteroatoms. The summed E-state index contributed by atoms with van der Waals surface area (Å²) < 4.78 is 10.7. The van der Waals surface area contributed by atoms with Crippen LogP contribution >= 0.6 is 0 Å². The van der Waals surface area contributed by atoms with E-state index < -0.39 is 0 Å². The second-order valence-electron chi connectivity index (χ2n) is 3.68. The first kappa shape index (κ1) is 11.3. The highest BCUT2D eigenvalue weighted by Crippen LogP contribution is 2.32. The molecule has 0 aliphatic heterocycles. The molecule has 0 bridgehead atoms. The first-order valence-electron chi connectivity index (χ1n) is 5.16. The lowest BCUT2D eigenvalue weighted by Crippen LogP contribution is -1.91. The Kier molecular flexibility index (Phi) is 2.87. The molecule has 2 N–H and O–H groups in total. The predicted molar refractivity (Wildman–Crippen MR) is 65.1 cm³/mol. The Morgan fingerprint density at radius 2 is 2.06 bits per heavy atom. The van der Waals surface area contributed by atoms with Gasteiger partial charge in [0, 0.05) is 18.7 Å². The minimum atomic E-state index is -0.106. The molecule has 0 aliphatic rings. The topological polar surface area (TPSA) is 65.5 Å². The van der Waals surface area contributed by atoms with E-state index >= 15 is 0 Å². The Balaban J connectivity index is 2.48. The van der Waals surface area contributed by atoms with Gasteiger partial charge in [0.1, 0.15) is 11.5 Å². The van der Waals surface area contributed by atoms with Gasteiger partial charge in [-0.05, 0) is 24.3 Å². The number of carbonyl (C=O) groups is 1. The van der Waals surface area contributed by atoms with Crippen LogP contribution in [-0.4, -0.2) is 12.9 Å². The summed E-state index contributed by atoms with van der Waals surface area (Å²) in [5.41, 5.74) is 7.06. The van der Waals surface area contributed by atoms with E-state index in [-0.39, 0.29) is 5.78 Å². The van der Waals surface area contributed by atoms with E-state index in [0.717, 1.165) is 5.56 Å². The Bertz CT molecular complexity index is 558. The molecule has 0 saturated carbocycles. The summed E-state index contributed by atoms with van der Waals surface area (Å²) in [6.07, 6.45) is 0. The molecule has 88 valence electrons. The van der Waals surface area contributed by atoms with Crippen LogP contribution in [0.2, 0.25) is 0 Å². The zero-order chi connectivity index (χ0) is 12.4. The van der Waals surface area contributed by atoms with Crippen LogP contribution in [-0.2, 0) is 0 Å². The van der Waals surface area contributed by atoms with Gasteiger partial charge >= 0.3 is 0 Å². The van der Waals surface area contributed by atoms with E-state index in [9.17, 15) is 4.79 Å². The average molecular weight is 231 g/mol. The van der Waals surface area contributed by atoms with E-state index in [1.54, 1.807) is 37.4 Å². The third-order valence-electron chi connectivity index (χ3n) is 2.44. The Morgan fingerprint density at radius 1 is 1.29 bits per heavy atom. The lowest BCUT2D eigenvalue weighted by Gasteiger charge is -2.06. The zero-order valence-electron chi connectivity index (χ0n) is 9.69. The molecular weight excluding hydrogens is 218 g/mol. The van der Waals surface area contributed by atoms with Gasteiger partial charge in [0.25, 0.3) is 0 Å². The Labute approximate surface area is 99.0 Å². The maximum absolute atomic E-state index is 11.2. The molecule has 2 aromatic rings. The summed E-state index contributed by atoms with van der Waals surface area (Å²) in [6.45, 7) is 1.46. The molecule has 0 fully saturated rings. The number of benzene rings is 1. The molecule has 0 aliphatic carbocycles. The van der Waals surface area contributed by atoms with Crippen molar-refractivity contribution in [3.8, 4) is 17.1 Å². The van der Waals surface area contributed by atoms with Crippen molar-refractivity contribution in [1.29, 1.82) is 0 Å². The van der Waals surface area contributed by atoms with Crippen LogP contribution in [0.25, 0.3) is 11.3 Å². The number of rotatable bonds is 3. The van der Waals surface area contributed by atoms with Crippen molar-refractivity contribution in [2.75, 3.05) is 12.8 Å². The van der Waals surface area contributed by atoms with Crippen LogP contribution in [0.1, 0.15) is 17.5 Å². The van der Waals surface area contributed by atoms with Crippen molar-refractivity contribution in [3.63, 3.8) is 0 Å². The predicted octanol–water partition coefficient (Wildman–Crippen LogP) is 2.74. The Morgan fingerprint density at radius 3 is 2.65 bits per heavy atom. The summed E-state index contributed by atoms with van der Waals surface area (Å²) >= 11 is 0. The maximum atomic E-state index is 11.2. The number of hydrogen-bond donors (Lipinski definition) is 1. The average Bonchev–Trinajstić information content (AvgIpc) is 2.78. The second kappa shape index (κ2) is 4.33. The minimum absolute atomic E-state index is 0.106. The van der Waals surface area contributed by atoms with E-state index in [4.69, 9.17) is 14.9 Å². The van der Waals surface area contributed by atoms with Crippen molar-refractivity contribution >= 4 is 11.5 Å². The molecule has 2 rings (SSSR count). The molecule has 0 spiro atoms. The fourth-order valence-electron chi connectivity index (χ4n) is 1.58. The summed E-state index contributed by atoms with van der Waals surface area (Å²) in [7, 11) is 1.56. The van der Waals surface area contributed by atoms with Gasteiger partial charge in [0.15, 0.2) is 11.5 Å². The SMILES string of the molecule is COc1cc(N)ccc1-c1ccc(C(C)=O)o1.